The number of nitrogens with zero attached hydrogens (tertiary/aromatic N) is 5. The van der Waals surface area contributed by atoms with Crippen LogP contribution in [0.15, 0.2) is 54.9 Å². The molecule has 0 bridgehead atoms. The van der Waals surface area contributed by atoms with Crippen molar-refractivity contribution in [1.82, 2.24) is 30.1 Å². The van der Waals surface area contributed by atoms with Gasteiger partial charge in [-0.15, -0.1) is 0 Å². The molecule has 1 fully saturated rings. The quantitative estimate of drug-likeness (QED) is 0.109. The molecule has 4 heterocycles. The minimum atomic E-state index is -2.05. The highest BCUT2D eigenvalue weighted by Gasteiger charge is 2.37. The van der Waals surface area contributed by atoms with Crippen molar-refractivity contribution in [3.63, 3.8) is 0 Å². The Kier molecular flexibility index (Phi) is 16.5. The lowest BCUT2D eigenvalue weighted by atomic mass is 10.0. The van der Waals surface area contributed by atoms with Crippen LogP contribution in [0.2, 0.25) is 23.2 Å². The summed E-state index contributed by atoms with van der Waals surface area (Å²) in [6, 6.07) is 12.5. The lowest BCUT2D eigenvalue weighted by Crippen LogP contribution is -2.44. The number of amides is 4. The number of aromatic nitrogens is 3. The second kappa shape index (κ2) is 21.2. The fraction of sp³-hybridized carbons (Fsp3) is 0.500. The molecular weight excluding hydrogens is 890 g/mol. The Bertz CT molecular complexity index is 2460. The van der Waals surface area contributed by atoms with Gasteiger partial charge >= 0.3 is 12.2 Å². The Labute approximate surface area is 401 Å². The standard InChI is InChI=1S/C50H68ClN7O8Si/c1-31-26-33(28-57(46(61)65-48(3,4)5)24-25-64-67(13,14)50(9,10)11)27-53-42(31)44(60)55-38-17-15-16-36(32(38)2)43-41(51)37(22-23-52-43)39-20-18-34(45(56-39)63-12)29-58(47(62)66-49(6,7)8)30-35-19-21-40(59)54-35/h15-18,20,22-23,26-27,35H,19,21,24-25,28-30H2,1-14H3,(H,54,59)(H,55,60)/t35-/m0/s1. The molecular formula is C50H68ClN7O8Si. The molecule has 4 aromatic rings. The number of halogens is 1. The van der Waals surface area contributed by atoms with Crippen molar-refractivity contribution in [1.29, 1.82) is 0 Å². The summed E-state index contributed by atoms with van der Waals surface area (Å²) in [4.78, 5) is 69.7. The molecule has 17 heteroatoms. The minimum Gasteiger partial charge on any atom is -0.481 e. The third kappa shape index (κ3) is 14.0. The first kappa shape index (κ1) is 52.4. The maximum atomic E-state index is 13.8. The molecule has 0 aliphatic carbocycles. The SMILES string of the molecule is COc1nc(-c2ccnc(-c3cccc(NC(=O)c4ncc(CN(CCO[Si](C)(C)C(C)(C)C)C(=O)OC(C)(C)C)cc4C)c3C)c2Cl)ccc1CN(C[C@@H]1CCC(=O)N1)C(=O)OC(C)(C)C. The summed E-state index contributed by atoms with van der Waals surface area (Å²) in [5, 5.41) is 6.31. The Morgan fingerprint density at radius 2 is 1.57 bits per heavy atom. The van der Waals surface area contributed by atoms with Crippen LogP contribution < -0.4 is 15.4 Å². The van der Waals surface area contributed by atoms with Gasteiger partial charge in [-0.25, -0.2) is 14.6 Å². The largest absolute Gasteiger partial charge is 0.481 e. The Morgan fingerprint density at radius 1 is 0.896 bits per heavy atom. The summed E-state index contributed by atoms with van der Waals surface area (Å²) in [5.41, 5.74) is 4.40. The van der Waals surface area contributed by atoms with Gasteiger partial charge in [0.05, 0.1) is 43.2 Å². The van der Waals surface area contributed by atoms with Gasteiger partial charge in [-0.1, -0.05) is 50.6 Å². The van der Waals surface area contributed by atoms with Crippen LogP contribution in [0.4, 0.5) is 15.3 Å². The molecule has 1 aromatic carbocycles. The number of anilines is 1. The minimum absolute atomic E-state index is 0.0220. The van der Waals surface area contributed by atoms with E-state index in [-0.39, 0.29) is 42.3 Å². The van der Waals surface area contributed by atoms with Gasteiger partial charge in [-0.05, 0) is 121 Å². The number of carbonyl (C=O) groups excluding carboxylic acids is 4. The number of hydrogen-bond acceptors (Lipinski definition) is 11. The van der Waals surface area contributed by atoms with Crippen LogP contribution in [0, 0.1) is 13.8 Å². The van der Waals surface area contributed by atoms with Crippen molar-refractivity contribution in [2.75, 3.05) is 32.1 Å². The van der Waals surface area contributed by atoms with Gasteiger partial charge in [0, 0.05) is 60.3 Å². The number of benzene rings is 1. The number of carbonyl (C=O) groups is 4. The second-order valence-corrected chi connectivity index (χ2v) is 25.7. The van der Waals surface area contributed by atoms with Gasteiger partial charge in [0.25, 0.3) is 5.91 Å². The number of pyridine rings is 3. The van der Waals surface area contributed by atoms with Crippen LogP contribution in [0.25, 0.3) is 22.5 Å². The van der Waals surface area contributed by atoms with Crippen LogP contribution in [-0.2, 0) is 31.8 Å². The third-order valence-electron chi connectivity index (χ3n) is 11.7. The molecule has 362 valence electrons. The van der Waals surface area contributed by atoms with E-state index in [1.165, 1.54) is 7.11 Å². The fourth-order valence-electron chi connectivity index (χ4n) is 7.14. The Morgan fingerprint density at radius 3 is 2.16 bits per heavy atom. The summed E-state index contributed by atoms with van der Waals surface area (Å²) >= 11 is 7.14. The maximum absolute atomic E-state index is 13.8. The molecule has 1 aliphatic heterocycles. The van der Waals surface area contributed by atoms with Crippen molar-refractivity contribution in [2.24, 2.45) is 0 Å². The van der Waals surface area contributed by atoms with E-state index in [0.717, 1.165) is 11.1 Å². The first-order chi connectivity index (χ1) is 31.2. The highest BCUT2D eigenvalue weighted by atomic mass is 35.5. The van der Waals surface area contributed by atoms with E-state index in [9.17, 15) is 19.2 Å². The average molecular weight is 959 g/mol. The lowest BCUT2D eigenvalue weighted by Gasteiger charge is -2.37. The number of hydrogen-bond donors (Lipinski definition) is 2. The summed E-state index contributed by atoms with van der Waals surface area (Å²) in [6.45, 7) is 26.8. The van der Waals surface area contributed by atoms with E-state index in [1.54, 1.807) is 61.2 Å². The first-order valence-electron chi connectivity index (χ1n) is 22.6. The molecule has 1 saturated heterocycles. The molecule has 15 nitrogen and oxygen atoms in total. The van der Waals surface area contributed by atoms with E-state index >= 15 is 0 Å². The normalized spacial score (nSPS) is 14.3. The molecule has 5 rings (SSSR count). The smallest absolute Gasteiger partial charge is 0.410 e. The monoisotopic (exact) mass is 957 g/mol. The van der Waals surface area contributed by atoms with E-state index < -0.39 is 37.6 Å². The van der Waals surface area contributed by atoms with Crippen molar-refractivity contribution in [2.45, 2.75) is 137 Å². The zero-order chi connectivity index (χ0) is 49.6. The molecule has 0 radical (unpaired) electrons. The van der Waals surface area contributed by atoms with E-state index in [2.05, 4.69) is 54.5 Å². The number of nitrogens with one attached hydrogen (secondary N) is 2. The molecule has 1 aliphatic rings. The number of rotatable bonds is 15. The van der Waals surface area contributed by atoms with E-state index in [4.69, 9.17) is 35.2 Å². The fourth-order valence-corrected chi connectivity index (χ4v) is 8.48. The van der Waals surface area contributed by atoms with Gasteiger partial charge in [0.1, 0.15) is 16.9 Å². The van der Waals surface area contributed by atoms with Crippen LogP contribution in [-0.4, -0.2) is 101 Å². The highest BCUT2D eigenvalue weighted by Crippen LogP contribution is 2.39. The van der Waals surface area contributed by atoms with Gasteiger partial charge in [-0.2, -0.15) is 0 Å². The lowest BCUT2D eigenvalue weighted by molar-refractivity contribution is -0.119. The zero-order valence-electron chi connectivity index (χ0n) is 41.6. The van der Waals surface area contributed by atoms with Gasteiger partial charge in [0.15, 0.2) is 8.32 Å². The summed E-state index contributed by atoms with van der Waals surface area (Å²) in [6.07, 6.45) is 3.30. The molecule has 67 heavy (non-hydrogen) atoms. The predicted molar refractivity (Wildman–Crippen MR) is 264 cm³/mol. The molecule has 0 saturated carbocycles. The van der Waals surface area contributed by atoms with Crippen LogP contribution >= 0.6 is 11.6 Å². The summed E-state index contributed by atoms with van der Waals surface area (Å²) in [7, 11) is -0.541. The topological polar surface area (TPSA) is 174 Å². The van der Waals surface area contributed by atoms with Gasteiger partial charge < -0.3 is 39.1 Å². The number of ether oxygens (including phenoxy) is 3. The predicted octanol–water partition coefficient (Wildman–Crippen LogP) is 10.5. The van der Waals surface area contributed by atoms with Gasteiger partial charge in [0.2, 0.25) is 11.8 Å². The van der Waals surface area contributed by atoms with E-state index in [0.29, 0.717) is 76.2 Å². The molecule has 0 unspecified atom stereocenters. The summed E-state index contributed by atoms with van der Waals surface area (Å²) < 4.78 is 23.6. The van der Waals surface area contributed by atoms with Crippen LogP contribution in [0.3, 0.4) is 0 Å². The molecule has 1 atom stereocenters. The molecule has 0 spiro atoms. The van der Waals surface area contributed by atoms with Crippen LogP contribution in [0.5, 0.6) is 5.88 Å². The summed E-state index contributed by atoms with van der Waals surface area (Å²) in [5.74, 6) is -0.159. The van der Waals surface area contributed by atoms with Crippen molar-refractivity contribution >= 4 is 49.6 Å². The first-order valence-corrected chi connectivity index (χ1v) is 25.9. The van der Waals surface area contributed by atoms with E-state index in [1.807, 2.05) is 58.9 Å². The Hall–Kier alpha value is -5.58. The zero-order valence-corrected chi connectivity index (χ0v) is 43.4. The number of aryl methyl sites for hydroxylation is 1. The molecule has 4 amide bonds. The number of methoxy groups -OCH3 is 1. The van der Waals surface area contributed by atoms with Crippen molar-refractivity contribution < 1.29 is 37.8 Å². The van der Waals surface area contributed by atoms with Crippen molar-refractivity contribution in [3.05, 3.63) is 87.8 Å². The van der Waals surface area contributed by atoms with Gasteiger partial charge in [-0.3, -0.25) is 19.6 Å². The molecule has 3 aromatic heterocycles. The molecule has 2 N–H and O–H groups in total. The third-order valence-corrected chi connectivity index (χ3v) is 16.6. The Balaban J connectivity index is 1.34. The highest BCUT2D eigenvalue weighted by molar-refractivity contribution is 6.74. The second-order valence-electron chi connectivity index (χ2n) is 20.5. The van der Waals surface area contributed by atoms with Crippen molar-refractivity contribution in [3.8, 4) is 28.4 Å². The maximum Gasteiger partial charge on any atom is 0.410 e. The average Bonchev–Trinajstić information content (AvgIpc) is 3.63. The van der Waals surface area contributed by atoms with Crippen LogP contribution in [0.1, 0.15) is 108 Å².